The summed E-state index contributed by atoms with van der Waals surface area (Å²) in [7, 11) is -1.39. The fourth-order valence-corrected chi connectivity index (χ4v) is 2.11. The molecule has 0 aromatic carbocycles. The van der Waals surface area contributed by atoms with Gasteiger partial charge < -0.3 is 0 Å². The van der Waals surface area contributed by atoms with Gasteiger partial charge in [0.1, 0.15) is 11.0 Å². The summed E-state index contributed by atoms with van der Waals surface area (Å²) in [4.78, 5) is 2.87. The molecule has 102 valence electrons. The highest BCUT2D eigenvalue weighted by molar-refractivity contribution is 7.85. The minimum Gasteiger partial charge on any atom is -0.242 e. The van der Waals surface area contributed by atoms with E-state index in [0.29, 0.717) is 5.69 Å². The summed E-state index contributed by atoms with van der Waals surface area (Å²) in [6, 6.07) is 1.46. The number of pyridine rings is 1. The molecule has 0 radical (unpaired) electrons. The first-order chi connectivity index (χ1) is 8.80. The number of nitrogens with one attached hydrogen (secondary N) is 1. The van der Waals surface area contributed by atoms with E-state index in [0.717, 1.165) is 0 Å². The van der Waals surface area contributed by atoms with Crippen molar-refractivity contribution < 1.29 is 13.0 Å². The smallest absolute Gasteiger partial charge is 0.242 e. The first kappa shape index (κ1) is 14.1. The monoisotopic (exact) mass is 302 g/mol. The molecule has 1 N–H and O–H groups in total. The molecule has 1 atom stereocenters. The Bertz CT molecular complexity index is 675. The van der Waals surface area contributed by atoms with Gasteiger partial charge in [0.2, 0.25) is 11.8 Å². The fourth-order valence-electron chi connectivity index (χ4n) is 1.45. The van der Waals surface area contributed by atoms with E-state index in [1.54, 1.807) is 16.9 Å². The molecule has 0 amide bonds. The van der Waals surface area contributed by atoms with E-state index in [1.165, 1.54) is 12.3 Å². The van der Waals surface area contributed by atoms with Crippen molar-refractivity contribution in [2.45, 2.75) is 25.5 Å². The first-order valence-corrected chi connectivity index (χ1v) is 7.11. The van der Waals surface area contributed by atoms with Gasteiger partial charge in [-0.25, -0.2) is 13.6 Å². The van der Waals surface area contributed by atoms with Crippen molar-refractivity contribution in [2.24, 2.45) is 4.40 Å². The summed E-state index contributed by atoms with van der Waals surface area (Å²) < 4.78 is 30.8. The molecule has 0 aliphatic heterocycles. The average Bonchev–Trinajstić information content (AvgIpc) is 2.73. The minimum atomic E-state index is -1.39. The number of hydrogen-bond donors (Lipinski definition) is 1. The van der Waals surface area contributed by atoms with E-state index in [4.69, 9.17) is 11.6 Å². The molecule has 0 saturated carbocycles. The SMILES string of the molecule is CC(C)(C)S(=O)/N=C/c1[nH]c[n+]2ccc(Cl)c(F)c12. The maximum Gasteiger partial charge on any atom is 0.247 e. The van der Waals surface area contributed by atoms with Crippen LogP contribution < -0.4 is 4.40 Å². The number of aromatic nitrogens is 2. The van der Waals surface area contributed by atoms with Gasteiger partial charge in [0.15, 0.2) is 11.5 Å². The quantitative estimate of drug-likeness (QED) is 0.672. The predicted molar refractivity (Wildman–Crippen MR) is 74.4 cm³/mol. The Morgan fingerprint density at radius 1 is 1.53 bits per heavy atom. The van der Waals surface area contributed by atoms with Gasteiger partial charge in [0, 0.05) is 0 Å². The van der Waals surface area contributed by atoms with Crippen LogP contribution in [0.15, 0.2) is 23.0 Å². The lowest BCUT2D eigenvalue weighted by atomic mass is 10.3. The Morgan fingerprint density at radius 2 is 2.21 bits per heavy atom. The highest BCUT2D eigenvalue weighted by Crippen LogP contribution is 2.18. The first-order valence-electron chi connectivity index (χ1n) is 5.63. The molecule has 2 aromatic rings. The van der Waals surface area contributed by atoms with Gasteiger partial charge in [-0.2, -0.15) is 8.80 Å². The van der Waals surface area contributed by atoms with Gasteiger partial charge in [-0.15, -0.1) is 0 Å². The molecular weight excluding hydrogens is 289 g/mol. The number of halogens is 2. The van der Waals surface area contributed by atoms with Crippen molar-refractivity contribution in [3.8, 4) is 0 Å². The molecule has 1 unspecified atom stereocenters. The lowest BCUT2D eigenvalue weighted by molar-refractivity contribution is -0.512. The van der Waals surface area contributed by atoms with Crippen molar-refractivity contribution in [3.05, 3.63) is 35.1 Å². The third kappa shape index (κ3) is 2.84. The van der Waals surface area contributed by atoms with Crippen LogP contribution in [-0.2, 0) is 11.0 Å². The predicted octanol–water partition coefficient (Wildman–Crippen LogP) is 2.43. The Morgan fingerprint density at radius 3 is 2.84 bits per heavy atom. The average molecular weight is 303 g/mol. The lowest BCUT2D eigenvalue weighted by Gasteiger charge is -2.12. The summed E-state index contributed by atoms with van der Waals surface area (Å²) >= 11 is 5.75. The molecule has 0 saturated heterocycles. The van der Waals surface area contributed by atoms with Gasteiger partial charge in [0.25, 0.3) is 0 Å². The highest BCUT2D eigenvalue weighted by atomic mass is 35.5. The van der Waals surface area contributed by atoms with Crippen molar-refractivity contribution >= 4 is 34.3 Å². The summed E-state index contributed by atoms with van der Waals surface area (Å²) in [5.74, 6) is -0.534. The molecule has 0 bridgehead atoms. The number of H-pyrrole nitrogens is 1. The molecule has 7 heteroatoms. The van der Waals surface area contributed by atoms with E-state index >= 15 is 0 Å². The van der Waals surface area contributed by atoms with E-state index in [2.05, 4.69) is 9.38 Å². The zero-order chi connectivity index (χ0) is 14.2. The summed E-state index contributed by atoms with van der Waals surface area (Å²) in [5, 5.41) is 0.0335. The lowest BCUT2D eigenvalue weighted by Crippen LogP contribution is -2.20. The third-order valence-electron chi connectivity index (χ3n) is 2.47. The Hall–Kier alpha value is -1.27. The molecule has 2 heterocycles. The number of nitrogens with zero attached hydrogens (tertiary/aromatic N) is 2. The van der Waals surface area contributed by atoms with E-state index < -0.39 is 21.5 Å². The Kier molecular flexibility index (Phi) is 3.73. The van der Waals surface area contributed by atoms with Crippen LogP contribution in [0.5, 0.6) is 0 Å². The normalized spacial score (nSPS) is 14.4. The third-order valence-corrected chi connectivity index (χ3v) is 4.11. The second kappa shape index (κ2) is 5.02. The van der Waals surface area contributed by atoms with Crippen molar-refractivity contribution in [2.75, 3.05) is 0 Å². The Labute approximate surface area is 117 Å². The summed E-state index contributed by atoms with van der Waals surface area (Å²) in [6.07, 6.45) is 4.58. The standard InChI is InChI=1S/C12H13ClFN3OS/c1-12(2,3)19(18)16-6-9-11-10(14)8(13)4-5-17(11)7-15-9/h4-7H,1-3H3/p+1/b16-6+. The molecule has 19 heavy (non-hydrogen) atoms. The zero-order valence-electron chi connectivity index (χ0n) is 10.8. The van der Waals surface area contributed by atoms with Gasteiger partial charge >= 0.3 is 0 Å². The van der Waals surface area contributed by atoms with Crippen molar-refractivity contribution in [1.82, 2.24) is 4.98 Å². The van der Waals surface area contributed by atoms with Crippen LogP contribution in [0.3, 0.4) is 0 Å². The van der Waals surface area contributed by atoms with E-state index in [9.17, 15) is 8.60 Å². The van der Waals surface area contributed by atoms with Gasteiger partial charge in [-0.3, -0.25) is 0 Å². The summed E-state index contributed by atoms with van der Waals surface area (Å²) in [5.41, 5.74) is 0.708. The molecule has 4 nitrogen and oxygen atoms in total. The maximum absolute atomic E-state index is 13.9. The van der Waals surface area contributed by atoms with Crippen LogP contribution in [-0.4, -0.2) is 20.2 Å². The van der Waals surface area contributed by atoms with Gasteiger partial charge in [-0.05, 0) is 26.8 Å². The molecular formula is C12H14ClFN3OS+. The van der Waals surface area contributed by atoms with E-state index in [1.807, 2.05) is 20.8 Å². The molecule has 2 rings (SSSR count). The molecule has 0 aliphatic carbocycles. The van der Waals surface area contributed by atoms with Gasteiger partial charge in [0.05, 0.1) is 22.2 Å². The number of fused-ring (bicyclic) bond motifs is 1. The van der Waals surface area contributed by atoms with Crippen LogP contribution in [0.25, 0.3) is 5.52 Å². The maximum atomic E-state index is 13.9. The van der Waals surface area contributed by atoms with Gasteiger partial charge in [-0.1, -0.05) is 11.6 Å². The van der Waals surface area contributed by atoms with Crippen LogP contribution in [0.4, 0.5) is 4.39 Å². The molecule has 0 spiro atoms. The molecule has 0 aliphatic rings. The van der Waals surface area contributed by atoms with Crippen LogP contribution in [0, 0.1) is 5.82 Å². The van der Waals surface area contributed by atoms with Crippen LogP contribution >= 0.6 is 11.6 Å². The molecule has 0 fully saturated rings. The largest absolute Gasteiger partial charge is 0.247 e. The summed E-state index contributed by atoms with van der Waals surface area (Å²) in [6.45, 7) is 5.46. The van der Waals surface area contributed by atoms with Crippen molar-refractivity contribution in [3.63, 3.8) is 0 Å². The highest BCUT2D eigenvalue weighted by Gasteiger charge is 2.20. The number of aromatic amines is 1. The minimum absolute atomic E-state index is 0.0335. The van der Waals surface area contributed by atoms with Crippen LogP contribution in [0.2, 0.25) is 5.02 Å². The fraction of sp³-hybridized carbons (Fsp3) is 0.333. The van der Waals surface area contributed by atoms with Crippen LogP contribution in [0.1, 0.15) is 26.5 Å². The number of rotatable bonds is 2. The second-order valence-electron chi connectivity index (χ2n) is 5.02. The zero-order valence-corrected chi connectivity index (χ0v) is 12.3. The topological polar surface area (TPSA) is 49.3 Å². The Balaban J connectivity index is 2.45. The van der Waals surface area contributed by atoms with Crippen molar-refractivity contribution in [1.29, 1.82) is 0 Å². The molecule has 2 aromatic heterocycles. The number of hydrogen-bond acceptors (Lipinski definition) is 1. The van der Waals surface area contributed by atoms with E-state index in [-0.39, 0.29) is 10.5 Å². The number of imidazole rings is 1. The second-order valence-corrected chi connectivity index (χ2v) is 7.36.